The van der Waals surface area contributed by atoms with E-state index in [9.17, 15) is 4.79 Å². The number of ether oxygens (including phenoxy) is 1. The summed E-state index contributed by atoms with van der Waals surface area (Å²) in [5.41, 5.74) is 0.269. The van der Waals surface area contributed by atoms with Gasteiger partial charge in [0.2, 0.25) is 5.91 Å². The SMILES string of the molecule is CC(N=C1NC2(CCCC2)CS1)C(=O)N1CCOCC1. The van der Waals surface area contributed by atoms with Crippen LogP contribution in [0.25, 0.3) is 0 Å². The Balaban J connectivity index is 1.59. The van der Waals surface area contributed by atoms with Crippen molar-refractivity contribution in [3.05, 3.63) is 0 Å². The van der Waals surface area contributed by atoms with Crippen LogP contribution in [0.15, 0.2) is 4.99 Å². The van der Waals surface area contributed by atoms with Crippen LogP contribution < -0.4 is 5.32 Å². The highest BCUT2D eigenvalue weighted by molar-refractivity contribution is 8.14. The summed E-state index contributed by atoms with van der Waals surface area (Å²) in [6.07, 6.45) is 5.10. The van der Waals surface area contributed by atoms with Gasteiger partial charge in [-0.3, -0.25) is 4.79 Å². The average molecular weight is 297 g/mol. The minimum Gasteiger partial charge on any atom is -0.378 e. The number of rotatable bonds is 2. The van der Waals surface area contributed by atoms with Gasteiger partial charge in [0, 0.05) is 24.4 Å². The second-order valence-electron chi connectivity index (χ2n) is 5.95. The molecule has 2 aliphatic heterocycles. The molecule has 0 aromatic rings. The van der Waals surface area contributed by atoms with Crippen molar-refractivity contribution in [1.29, 1.82) is 0 Å². The molecular weight excluding hydrogens is 274 g/mol. The van der Waals surface area contributed by atoms with Crippen molar-refractivity contribution in [2.45, 2.75) is 44.2 Å². The number of carbonyl (C=O) groups excluding carboxylic acids is 1. The molecule has 1 saturated carbocycles. The van der Waals surface area contributed by atoms with Gasteiger partial charge >= 0.3 is 0 Å². The number of nitrogens with zero attached hydrogens (tertiary/aromatic N) is 2. The van der Waals surface area contributed by atoms with E-state index in [1.807, 2.05) is 11.8 Å². The summed E-state index contributed by atoms with van der Waals surface area (Å²) in [7, 11) is 0. The van der Waals surface area contributed by atoms with Gasteiger partial charge in [0.05, 0.1) is 13.2 Å². The van der Waals surface area contributed by atoms with Gasteiger partial charge in [-0.25, -0.2) is 4.99 Å². The smallest absolute Gasteiger partial charge is 0.247 e. The molecule has 1 aliphatic carbocycles. The topological polar surface area (TPSA) is 53.9 Å². The van der Waals surface area contributed by atoms with Crippen LogP contribution in [0.1, 0.15) is 32.6 Å². The number of amides is 1. The third-order valence-electron chi connectivity index (χ3n) is 4.41. The molecule has 2 heterocycles. The van der Waals surface area contributed by atoms with E-state index >= 15 is 0 Å². The van der Waals surface area contributed by atoms with E-state index in [1.165, 1.54) is 25.7 Å². The standard InChI is InChI=1S/C14H23N3O2S/c1-11(12(18)17-6-8-19-9-7-17)15-13-16-14(10-20-13)4-2-3-5-14/h11H,2-10H2,1H3,(H,15,16). The van der Waals surface area contributed by atoms with Gasteiger partial charge in [0.25, 0.3) is 0 Å². The Bertz CT molecular complexity index is 401. The monoisotopic (exact) mass is 297 g/mol. The number of hydrogen-bond donors (Lipinski definition) is 1. The van der Waals surface area contributed by atoms with Crippen molar-refractivity contribution < 1.29 is 9.53 Å². The van der Waals surface area contributed by atoms with Crippen molar-refractivity contribution in [3.63, 3.8) is 0 Å². The van der Waals surface area contributed by atoms with Crippen LogP contribution in [0, 0.1) is 0 Å². The Hall–Kier alpha value is -0.750. The van der Waals surface area contributed by atoms with E-state index in [0.29, 0.717) is 26.3 Å². The van der Waals surface area contributed by atoms with Crippen LogP contribution in [0.5, 0.6) is 0 Å². The Kier molecular flexibility index (Phi) is 4.21. The molecule has 1 N–H and O–H groups in total. The number of nitrogens with one attached hydrogen (secondary N) is 1. The largest absolute Gasteiger partial charge is 0.378 e. The average Bonchev–Trinajstić information content (AvgIpc) is 3.09. The molecule has 1 atom stereocenters. The molecule has 112 valence electrons. The van der Waals surface area contributed by atoms with E-state index < -0.39 is 0 Å². The summed E-state index contributed by atoms with van der Waals surface area (Å²) in [5.74, 6) is 1.22. The third-order valence-corrected chi connectivity index (χ3v) is 5.59. The van der Waals surface area contributed by atoms with Crippen molar-refractivity contribution in [1.82, 2.24) is 10.2 Å². The number of thioether (sulfide) groups is 1. The summed E-state index contributed by atoms with van der Waals surface area (Å²) in [6, 6.07) is -0.292. The molecule has 0 radical (unpaired) electrons. The fraction of sp³-hybridized carbons (Fsp3) is 0.857. The van der Waals surface area contributed by atoms with E-state index in [1.54, 1.807) is 11.8 Å². The Morgan fingerprint density at radius 3 is 2.80 bits per heavy atom. The van der Waals surface area contributed by atoms with Crippen molar-refractivity contribution in [2.24, 2.45) is 4.99 Å². The Morgan fingerprint density at radius 1 is 1.40 bits per heavy atom. The lowest BCUT2D eigenvalue weighted by molar-refractivity contribution is -0.136. The summed E-state index contributed by atoms with van der Waals surface area (Å²) in [4.78, 5) is 18.8. The van der Waals surface area contributed by atoms with Crippen molar-refractivity contribution in [2.75, 3.05) is 32.1 Å². The van der Waals surface area contributed by atoms with Crippen LogP contribution >= 0.6 is 11.8 Å². The quantitative estimate of drug-likeness (QED) is 0.833. The number of hydrogen-bond acceptors (Lipinski definition) is 4. The maximum absolute atomic E-state index is 12.3. The molecule has 0 bridgehead atoms. The first kappa shape index (κ1) is 14.2. The molecule has 1 amide bonds. The minimum atomic E-state index is -0.292. The van der Waals surface area contributed by atoms with E-state index in [2.05, 4.69) is 10.3 Å². The number of amidine groups is 1. The highest BCUT2D eigenvalue weighted by Gasteiger charge is 2.39. The fourth-order valence-corrected chi connectivity index (χ4v) is 4.47. The zero-order valence-corrected chi connectivity index (χ0v) is 12.9. The lowest BCUT2D eigenvalue weighted by Gasteiger charge is -2.28. The van der Waals surface area contributed by atoms with Gasteiger partial charge in [0.1, 0.15) is 6.04 Å². The predicted molar refractivity (Wildman–Crippen MR) is 81.1 cm³/mol. The molecule has 0 aromatic carbocycles. The van der Waals surface area contributed by atoms with Crippen molar-refractivity contribution in [3.8, 4) is 0 Å². The minimum absolute atomic E-state index is 0.121. The molecule has 1 unspecified atom stereocenters. The van der Waals surface area contributed by atoms with Gasteiger partial charge in [-0.2, -0.15) is 0 Å². The molecule has 0 aromatic heterocycles. The first-order chi connectivity index (χ1) is 9.69. The molecule has 20 heavy (non-hydrogen) atoms. The maximum atomic E-state index is 12.3. The number of morpholine rings is 1. The lowest BCUT2D eigenvalue weighted by atomic mass is 10.0. The Labute approximate surface area is 124 Å². The lowest BCUT2D eigenvalue weighted by Crippen LogP contribution is -2.45. The molecule has 3 rings (SSSR count). The normalized spacial score (nSPS) is 28.9. The molecule has 2 saturated heterocycles. The number of carbonyl (C=O) groups is 1. The zero-order valence-electron chi connectivity index (χ0n) is 12.1. The second-order valence-corrected chi connectivity index (χ2v) is 6.91. The highest BCUT2D eigenvalue weighted by atomic mass is 32.2. The summed E-state index contributed by atoms with van der Waals surface area (Å²) >= 11 is 1.77. The maximum Gasteiger partial charge on any atom is 0.247 e. The van der Waals surface area contributed by atoms with Crippen LogP contribution in [0.4, 0.5) is 0 Å². The summed E-state index contributed by atoms with van der Waals surface area (Å²) in [6.45, 7) is 4.57. The van der Waals surface area contributed by atoms with Gasteiger partial charge in [-0.15, -0.1) is 0 Å². The third kappa shape index (κ3) is 2.96. The van der Waals surface area contributed by atoms with E-state index in [-0.39, 0.29) is 17.5 Å². The molecule has 3 fully saturated rings. The first-order valence-electron chi connectivity index (χ1n) is 7.54. The number of aliphatic imine (C=N–C) groups is 1. The predicted octanol–water partition coefficient (Wildman–Crippen LogP) is 1.24. The summed E-state index contributed by atoms with van der Waals surface area (Å²) < 4.78 is 5.28. The van der Waals surface area contributed by atoms with Crippen LogP contribution in [-0.4, -0.2) is 59.6 Å². The van der Waals surface area contributed by atoms with Gasteiger partial charge in [0.15, 0.2) is 5.17 Å². The van der Waals surface area contributed by atoms with E-state index in [4.69, 9.17) is 4.74 Å². The van der Waals surface area contributed by atoms with Gasteiger partial charge in [-0.1, -0.05) is 24.6 Å². The molecule has 5 nitrogen and oxygen atoms in total. The zero-order chi connectivity index (χ0) is 14.0. The molecular formula is C14H23N3O2S. The summed E-state index contributed by atoms with van der Waals surface area (Å²) in [5, 5.41) is 4.53. The van der Waals surface area contributed by atoms with E-state index in [0.717, 1.165) is 10.9 Å². The first-order valence-corrected chi connectivity index (χ1v) is 8.52. The molecule has 1 spiro atoms. The molecule has 3 aliphatic rings. The van der Waals surface area contributed by atoms with Crippen LogP contribution in [-0.2, 0) is 9.53 Å². The highest BCUT2D eigenvalue weighted by Crippen LogP contribution is 2.37. The van der Waals surface area contributed by atoms with Crippen LogP contribution in [0.2, 0.25) is 0 Å². The van der Waals surface area contributed by atoms with Gasteiger partial charge in [-0.05, 0) is 19.8 Å². The Morgan fingerprint density at radius 2 is 2.10 bits per heavy atom. The molecule has 6 heteroatoms. The fourth-order valence-electron chi connectivity index (χ4n) is 3.18. The second kappa shape index (κ2) is 5.93. The van der Waals surface area contributed by atoms with Crippen molar-refractivity contribution >= 4 is 22.8 Å². The van der Waals surface area contributed by atoms with Gasteiger partial charge < -0.3 is 15.0 Å². The van der Waals surface area contributed by atoms with Crippen LogP contribution in [0.3, 0.4) is 0 Å².